The quantitative estimate of drug-likeness (QED) is 0.639. The smallest absolute Gasteiger partial charge is 0.339 e. The highest BCUT2D eigenvalue weighted by atomic mass is 32.1. The molecule has 0 radical (unpaired) electrons. The number of hydrogen-bond donors (Lipinski definition) is 1. The van der Waals surface area contributed by atoms with Crippen LogP contribution in [0, 0.1) is 20.8 Å². The summed E-state index contributed by atoms with van der Waals surface area (Å²) in [6.45, 7) is 9.72. The van der Waals surface area contributed by atoms with Crippen molar-refractivity contribution in [1.29, 1.82) is 0 Å². The molecule has 1 aliphatic heterocycles. The first-order chi connectivity index (χ1) is 14.4. The second kappa shape index (κ2) is 8.16. The third-order valence-corrected chi connectivity index (χ3v) is 6.74. The normalized spacial score (nSPS) is 15.0. The van der Waals surface area contributed by atoms with Gasteiger partial charge in [-0.25, -0.2) is 14.8 Å². The van der Waals surface area contributed by atoms with E-state index in [9.17, 15) is 9.59 Å². The molecule has 1 fully saturated rings. The molecule has 1 saturated heterocycles. The Hall–Kier alpha value is -2.78. The van der Waals surface area contributed by atoms with Crippen LogP contribution in [0.25, 0.3) is 10.2 Å². The number of carbonyl (C=O) groups is 1. The van der Waals surface area contributed by atoms with E-state index in [1.165, 1.54) is 7.11 Å². The molecule has 0 unspecified atom stereocenters. The first-order valence-electron chi connectivity index (χ1n) is 9.89. The Morgan fingerprint density at radius 1 is 1.17 bits per heavy atom. The predicted molar refractivity (Wildman–Crippen MR) is 118 cm³/mol. The average molecular weight is 428 g/mol. The molecule has 0 saturated carbocycles. The summed E-state index contributed by atoms with van der Waals surface area (Å²) in [6.07, 6.45) is 0. The predicted octanol–water partition coefficient (Wildman–Crippen LogP) is 2.41. The van der Waals surface area contributed by atoms with Crippen LogP contribution in [0.15, 0.2) is 16.9 Å². The number of piperazine rings is 1. The van der Waals surface area contributed by atoms with Crippen LogP contribution in [0.1, 0.15) is 32.3 Å². The molecule has 0 amide bonds. The molecule has 4 heterocycles. The summed E-state index contributed by atoms with van der Waals surface area (Å²) in [4.78, 5) is 42.9. The number of hydrogen-bond acceptors (Lipinski definition) is 8. The first-order valence-corrected chi connectivity index (χ1v) is 10.7. The molecule has 3 aromatic rings. The Labute approximate surface area is 178 Å². The molecule has 1 N–H and O–H groups in total. The third-order valence-electron chi connectivity index (χ3n) is 5.63. The molecule has 0 atom stereocenters. The van der Waals surface area contributed by atoms with Gasteiger partial charge in [0.2, 0.25) is 0 Å². The van der Waals surface area contributed by atoms with Gasteiger partial charge in [-0.05, 0) is 38.5 Å². The van der Waals surface area contributed by atoms with E-state index in [2.05, 4.69) is 24.8 Å². The van der Waals surface area contributed by atoms with E-state index in [0.717, 1.165) is 47.3 Å². The Kier molecular flexibility index (Phi) is 5.57. The van der Waals surface area contributed by atoms with Gasteiger partial charge in [0.1, 0.15) is 16.5 Å². The molecule has 0 aliphatic carbocycles. The zero-order chi connectivity index (χ0) is 21.4. The Balaban J connectivity index is 1.43. The molecule has 9 heteroatoms. The van der Waals surface area contributed by atoms with Crippen molar-refractivity contribution in [2.75, 3.05) is 38.2 Å². The van der Waals surface area contributed by atoms with Crippen LogP contribution in [0.5, 0.6) is 0 Å². The summed E-state index contributed by atoms with van der Waals surface area (Å²) < 4.78 is 4.79. The highest BCUT2D eigenvalue weighted by Gasteiger charge is 2.21. The van der Waals surface area contributed by atoms with Gasteiger partial charge >= 0.3 is 5.97 Å². The van der Waals surface area contributed by atoms with Crippen molar-refractivity contribution < 1.29 is 9.53 Å². The number of rotatable bonds is 4. The maximum atomic E-state index is 12.5. The van der Waals surface area contributed by atoms with Crippen molar-refractivity contribution in [3.8, 4) is 0 Å². The monoisotopic (exact) mass is 427 g/mol. The van der Waals surface area contributed by atoms with Gasteiger partial charge in [-0.2, -0.15) is 0 Å². The maximum Gasteiger partial charge on any atom is 0.339 e. The van der Waals surface area contributed by atoms with E-state index >= 15 is 0 Å². The number of aromatic amines is 1. The number of aryl methyl sites for hydroxylation is 3. The van der Waals surface area contributed by atoms with Gasteiger partial charge in [0, 0.05) is 31.1 Å². The fourth-order valence-electron chi connectivity index (χ4n) is 3.77. The number of methoxy groups -OCH3 is 1. The van der Waals surface area contributed by atoms with Gasteiger partial charge in [-0.1, -0.05) is 0 Å². The minimum absolute atomic E-state index is 0.0548. The number of thiophene rings is 1. The zero-order valence-electron chi connectivity index (χ0n) is 17.6. The van der Waals surface area contributed by atoms with Crippen molar-refractivity contribution in [3.63, 3.8) is 0 Å². The van der Waals surface area contributed by atoms with Crippen molar-refractivity contribution in [3.05, 3.63) is 50.0 Å². The molecule has 30 heavy (non-hydrogen) atoms. The second-order valence-electron chi connectivity index (χ2n) is 7.53. The Morgan fingerprint density at radius 2 is 1.90 bits per heavy atom. The lowest BCUT2D eigenvalue weighted by Gasteiger charge is -2.35. The third kappa shape index (κ3) is 3.82. The number of H-pyrrole nitrogens is 1. The number of fused-ring (bicyclic) bond motifs is 1. The van der Waals surface area contributed by atoms with Crippen LogP contribution in [0.3, 0.4) is 0 Å². The highest BCUT2D eigenvalue weighted by Crippen LogP contribution is 2.26. The van der Waals surface area contributed by atoms with Crippen molar-refractivity contribution >= 4 is 33.3 Å². The van der Waals surface area contributed by atoms with Crippen molar-refractivity contribution in [1.82, 2.24) is 19.9 Å². The molecule has 0 bridgehead atoms. The summed E-state index contributed by atoms with van der Waals surface area (Å²) in [5.41, 5.74) is 2.12. The van der Waals surface area contributed by atoms with E-state index in [0.29, 0.717) is 29.0 Å². The number of nitrogens with zero attached hydrogens (tertiary/aromatic N) is 4. The van der Waals surface area contributed by atoms with E-state index < -0.39 is 0 Å². The number of carbonyl (C=O) groups excluding carboxylic acids is 1. The molecule has 0 aromatic carbocycles. The van der Waals surface area contributed by atoms with Gasteiger partial charge < -0.3 is 14.6 Å². The zero-order valence-corrected chi connectivity index (χ0v) is 18.4. The van der Waals surface area contributed by atoms with Crippen LogP contribution in [0.4, 0.5) is 5.82 Å². The first kappa shape index (κ1) is 20.5. The van der Waals surface area contributed by atoms with Gasteiger partial charge in [0.15, 0.2) is 0 Å². The van der Waals surface area contributed by atoms with Crippen molar-refractivity contribution in [2.45, 2.75) is 27.3 Å². The summed E-state index contributed by atoms with van der Waals surface area (Å²) in [7, 11) is 1.37. The van der Waals surface area contributed by atoms with Crippen molar-refractivity contribution in [2.24, 2.45) is 0 Å². The van der Waals surface area contributed by atoms with E-state index in [1.54, 1.807) is 17.4 Å². The highest BCUT2D eigenvalue weighted by molar-refractivity contribution is 7.18. The van der Waals surface area contributed by atoms with E-state index in [-0.39, 0.29) is 11.5 Å². The molecular formula is C21H25N5O3S. The number of aromatic nitrogens is 3. The van der Waals surface area contributed by atoms with Crippen LogP contribution in [-0.2, 0) is 11.3 Å². The van der Waals surface area contributed by atoms with Crippen LogP contribution >= 0.6 is 11.3 Å². The summed E-state index contributed by atoms with van der Waals surface area (Å²) in [6, 6.07) is 3.63. The minimum atomic E-state index is -0.369. The molecule has 3 aromatic heterocycles. The summed E-state index contributed by atoms with van der Waals surface area (Å²) in [5, 5.41) is 0.711. The van der Waals surface area contributed by atoms with Crippen LogP contribution in [0.2, 0.25) is 0 Å². The number of nitrogens with one attached hydrogen (secondary N) is 1. The number of anilines is 1. The van der Waals surface area contributed by atoms with Crippen LogP contribution in [-0.4, -0.2) is 59.1 Å². The number of pyridine rings is 1. The molecule has 0 spiro atoms. The Bertz CT molecular complexity index is 1160. The number of esters is 1. The van der Waals surface area contributed by atoms with E-state index in [1.807, 2.05) is 26.8 Å². The van der Waals surface area contributed by atoms with Gasteiger partial charge in [-0.15, -0.1) is 11.3 Å². The average Bonchev–Trinajstić information content (AvgIpc) is 3.01. The van der Waals surface area contributed by atoms with Crippen LogP contribution < -0.4 is 10.5 Å². The lowest BCUT2D eigenvalue weighted by Crippen LogP contribution is -2.46. The summed E-state index contributed by atoms with van der Waals surface area (Å²) in [5.74, 6) is 1.20. The second-order valence-corrected chi connectivity index (χ2v) is 8.74. The molecular weight excluding hydrogens is 402 g/mol. The maximum absolute atomic E-state index is 12.5. The van der Waals surface area contributed by atoms with Gasteiger partial charge in [0.25, 0.3) is 5.56 Å². The largest absolute Gasteiger partial charge is 0.465 e. The Morgan fingerprint density at radius 3 is 2.57 bits per heavy atom. The summed E-state index contributed by atoms with van der Waals surface area (Å²) >= 11 is 1.57. The molecule has 8 nitrogen and oxygen atoms in total. The topological polar surface area (TPSA) is 91.4 Å². The lowest BCUT2D eigenvalue weighted by atomic mass is 10.2. The number of ether oxygens (including phenoxy) is 1. The fourth-order valence-corrected chi connectivity index (χ4v) is 4.82. The van der Waals surface area contributed by atoms with Gasteiger partial charge in [-0.3, -0.25) is 9.69 Å². The minimum Gasteiger partial charge on any atom is -0.465 e. The lowest BCUT2D eigenvalue weighted by molar-refractivity contribution is 0.0599. The molecule has 4 rings (SSSR count). The molecule has 1 aliphatic rings. The van der Waals surface area contributed by atoms with Gasteiger partial charge in [0.05, 0.1) is 30.3 Å². The SMILES string of the molecule is COC(=O)c1ccc(N2CCN(Cc3nc4sc(C)c(C)c4c(=O)[nH]3)CC2)nc1C. The standard InChI is InChI=1S/C21H25N5O3S/c1-12-14(3)30-20-18(12)19(27)23-16(24-20)11-25-7-9-26(10-8-25)17-6-5-15(13(2)22-17)21(28)29-4/h5-6H,7-11H2,1-4H3,(H,23,24,27). The fraction of sp³-hybridized carbons (Fsp3) is 0.429. The van der Waals surface area contributed by atoms with E-state index in [4.69, 9.17) is 4.74 Å². The molecule has 158 valence electrons.